The smallest absolute Gasteiger partial charge is 0.134 e. The number of nitrogens with one attached hydrogen (secondary N) is 1. The molecule has 0 aliphatic carbocycles. The van der Waals surface area contributed by atoms with Crippen LogP contribution in [0, 0.1) is 17.5 Å². The van der Waals surface area contributed by atoms with Crippen molar-refractivity contribution < 1.29 is 17.9 Å². The van der Waals surface area contributed by atoms with E-state index < -0.39 is 23.5 Å². The monoisotopic (exact) mass is 295 g/mol. The molecule has 0 aromatic heterocycles. The fourth-order valence-corrected chi connectivity index (χ4v) is 2.22. The van der Waals surface area contributed by atoms with Gasteiger partial charge in [0.05, 0.1) is 13.2 Å². The molecule has 2 aromatic carbocycles. The van der Waals surface area contributed by atoms with E-state index >= 15 is 0 Å². The van der Waals surface area contributed by atoms with E-state index in [0.29, 0.717) is 30.0 Å². The molecule has 21 heavy (non-hydrogen) atoms. The molecule has 5 heteroatoms. The maximum Gasteiger partial charge on any atom is 0.134 e. The lowest BCUT2D eigenvalue weighted by Crippen LogP contribution is -2.24. The molecule has 1 atom stereocenters. The van der Waals surface area contributed by atoms with Crippen molar-refractivity contribution in [2.75, 3.05) is 13.7 Å². The molecule has 0 aliphatic heterocycles. The number of halogens is 3. The first kappa shape index (κ1) is 15.4. The third-order valence-electron chi connectivity index (χ3n) is 3.19. The van der Waals surface area contributed by atoms with Gasteiger partial charge in [-0.25, -0.2) is 13.2 Å². The Balaban J connectivity index is 2.47. The van der Waals surface area contributed by atoms with Gasteiger partial charge in [-0.05, 0) is 24.2 Å². The van der Waals surface area contributed by atoms with E-state index in [4.69, 9.17) is 4.74 Å². The highest BCUT2D eigenvalue weighted by molar-refractivity contribution is 5.37. The molecule has 0 amide bonds. The molecule has 2 aromatic rings. The SMILES string of the molecule is CCNC(c1ccc(OC)cc1)c1c(F)cc(F)cc1F. The molecule has 2 rings (SSSR count). The lowest BCUT2D eigenvalue weighted by Gasteiger charge is -2.20. The van der Waals surface area contributed by atoms with Crippen LogP contribution in [0.2, 0.25) is 0 Å². The van der Waals surface area contributed by atoms with Crippen LogP contribution >= 0.6 is 0 Å². The first-order valence-electron chi connectivity index (χ1n) is 6.58. The van der Waals surface area contributed by atoms with E-state index in [1.807, 2.05) is 6.92 Å². The van der Waals surface area contributed by atoms with Crippen molar-refractivity contribution in [1.29, 1.82) is 0 Å². The maximum atomic E-state index is 14.0. The molecule has 0 radical (unpaired) electrons. The first-order chi connectivity index (χ1) is 10.1. The zero-order chi connectivity index (χ0) is 15.4. The summed E-state index contributed by atoms with van der Waals surface area (Å²) < 4.78 is 46.0. The van der Waals surface area contributed by atoms with Gasteiger partial charge in [0.25, 0.3) is 0 Å². The quantitative estimate of drug-likeness (QED) is 0.905. The molecule has 1 unspecified atom stereocenters. The number of hydrogen-bond acceptors (Lipinski definition) is 2. The van der Waals surface area contributed by atoms with Crippen LogP contribution in [0.25, 0.3) is 0 Å². The van der Waals surface area contributed by atoms with Crippen LogP contribution in [0.4, 0.5) is 13.2 Å². The molecule has 1 N–H and O–H groups in total. The Morgan fingerprint density at radius 1 is 1.05 bits per heavy atom. The van der Waals surface area contributed by atoms with Gasteiger partial charge >= 0.3 is 0 Å². The standard InChI is InChI=1S/C16H16F3NO/c1-3-20-16(10-4-6-12(21-2)7-5-10)15-13(18)8-11(17)9-14(15)19/h4-9,16,20H,3H2,1-2H3. The van der Waals surface area contributed by atoms with Gasteiger partial charge in [-0.3, -0.25) is 0 Å². The van der Waals surface area contributed by atoms with Crippen LogP contribution in [0.5, 0.6) is 5.75 Å². The molecule has 0 saturated carbocycles. The molecular formula is C16H16F3NO. The van der Waals surface area contributed by atoms with Crippen molar-refractivity contribution >= 4 is 0 Å². The van der Waals surface area contributed by atoms with Crippen molar-refractivity contribution in [3.63, 3.8) is 0 Å². The Morgan fingerprint density at radius 2 is 1.62 bits per heavy atom. The number of rotatable bonds is 5. The number of hydrogen-bond donors (Lipinski definition) is 1. The summed E-state index contributed by atoms with van der Waals surface area (Å²) in [5.74, 6) is -2.10. The Hall–Kier alpha value is -2.01. The van der Waals surface area contributed by atoms with Crippen molar-refractivity contribution in [3.8, 4) is 5.75 Å². The highest BCUT2D eigenvalue weighted by atomic mass is 19.1. The maximum absolute atomic E-state index is 14.0. The highest BCUT2D eigenvalue weighted by Crippen LogP contribution is 2.28. The lowest BCUT2D eigenvalue weighted by atomic mass is 9.97. The van der Waals surface area contributed by atoms with Crippen molar-refractivity contribution in [1.82, 2.24) is 5.32 Å². The third kappa shape index (κ3) is 3.36. The van der Waals surface area contributed by atoms with E-state index in [1.165, 1.54) is 7.11 Å². The van der Waals surface area contributed by atoms with Gasteiger partial charge in [-0.1, -0.05) is 19.1 Å². The van der Waals surface area contributed by atoms with E-state index in [2.05, 4.69) is 5.32 Å². The molecular weight excluding hydrogens is 279 g/mol. The van der Waals surface area contributed by atoms with E-state index in [0.717, 1.165) is 0 Å². The van der Waals surface area contributed by atoms with Crippen LogP contribution in [0.15, 0.2) is 36.4 Å². The molecule has 112 valence electrons. The predicted octanol–water partition coefficient (Wildman–Crippen LogP) is 3.81. The largest absolute Gasteiger partial charge is 0.497 e. The number of benzene rings is 2. The Morgan fingerprint density at radius 3 is 2.10 bits per heavy atom. The molecule has 0 fully saturated rings. The number of methoxy groups -OCH3 is 1. The van der Waals surface area contributed by atoms with Gasteiger partial charge in [0, 0.05) is 17.7 Å². The second kappa shape index (κ2) is 6.63. The topological polar surface area (TPSA) is 21.3 Å². The van der Waals surface area contributed by atoms with E-state index in [-0.39, 0.29) is 5.56 Å². The summed E-state index contributed by atoms with van der Waals surface area (Å²) in [6.07, 6.45) is 0. The molecule has 0 saturated heterocycles. The van der Waals surface area contributed by atoms with Crippen LogP contribution < -0.4 is 10.1 Å². The Bertz CT molecular complexity index is 590. The summed E-state index contributed by atoms with van der Waals surface area (Å²) in [4.78, 5) is 0. The van der Waals surface area contributed by atoms with Gasteiger partial charge in [0.1, 0.15) is 23.2 Å². The minimum atomic E-state index is -0.932. The normalized spacial score (nSPS) is 12.2. The van der Waals surface area contributed by atoms with Gasteiger partial charge in [-0.2, -0.15) is 0 Å². The average molecular weight is 295 g/mol. The first-order valence-corrected chi connectivity index (χ1v) is 6.58. The van der Waals surface area contributed by atoms with E-state index in [1.54, 1.807) is 24.3 Å². The molecule has 0 spiro atoms. The fourth-order valence-electron chi connectivity index (χ4n) is 2.22. The van der Waals surface area contributed by atoms with Gasteiger partial charge in [-0.15, -0.1) is 0 Å². The summed E-state index contributed by atoms with van der Waals surface area (Å²) >= 11 is 0. The van der Waals surface area contributed by atoms with Gasteiger partial charge < -0.3 is 10.1 Å². The van der Waals surface area contributed by atoms with Crippen molar-refractivity contribution in [2.24, 2.45) is 0 Å². The van der Waals surface area contributed by atoms with Gasteiger partial charge in [0.15, 0.2) is 0 Å². The molecule has 2 nitrogen and oxygen atoms in total. The minimum absolute atomic E-state index is 0.191. The van der Waals surface area contributed by atoms with Crippen molar-refractivity contribution in [2.45, 2.75) is 13.0 Å². The second-order valence-electron chi connectivity index (χ2n) is 4.55. The van der Waals surface area contributed by atoms with Crippen molar-refractivity contribution in [3.05, 3.63) is 65.0 Å². The lowest BCUT2D eigenvalue weighted by molar-refractivity contribution is 0.414. The minimum Gasteiger partial charge on any atom is -0.497 e. The molecule has 0 aliphatic rings. The van der Waals surface area contributed by atoms with Crippen LogP contribution in [-0.4, -0.2) is 13.7 Å². The van der Waals surface area contributed by atoms with Gasteiger partial charge in [0.2, 0.25) is 0 Å². The summed E-state index contributed by atoms with van der Waals surface area (Å²) in [7, 11) is 1.54. The predicted molar refractivity (Wildman–Crippen MR) is 74.8 cm³/mol. The summed E-state index contributed by atoms with van der Waals surface area (Å²) in [5.41, 5.74) is 0.477. The van der Waals surface area contributed by atoms with Crippen LogP contribution in [0.3, 0.4) is 0 Å². The molecule has 0 bridgehead atoms. The second-order valence-corrected chi connectivity index (χ2v) is 4.55. The Labute approximate surface area is 121 Å². The highest BCUT2D eigenvalue weighted by Gasteiger charge is 2.22. The fraction of sp³-hybridized carbons (Fsp3) is 0.250. The zero-order valence-electron chi connectivity index (χ0n) is 11.8. The molecule has 0 heterocycles. The third-order valence-corrected chi connectivity index (χ3v) is 3.19. The Kier molecular flexibility index (Phi) is 4.85. The van der Waals surface area contributed by atoms with Crippen LogP contribution in [0.1, 0.15) is 24.1 Å². The summed E-state index contributed by atoms with van der Waals surface area (Å²) in [6.45, 7) is 2.34. The number of ether oxygens (including phenoxy) is 1. The summed E-state index contributed by atoms with van der Waals surface area (Å²) in [6, 6.07) is 7.53. The summed E-state index contributed by atoms with van der Waals surface area (Å²) in [5, 5.41) is 3.01. The average Bonchev–Trinajstić information content (AvgIpc) is 2.45. The zero-order valence-corrected chi connectivity index (χ0v) is 11.8. The van der Waals surface area contributed by atoms with Crippen LogP contribution in [-0.2, 0) is 0 Å². The van der Waals surface area contributed by atoms with E-state index in [9.17, 15) is 13.2 Å².